The molecule has 0 aliphatic heterocycles. The summed E-state index contributed by atoms with van der Waals surface area (Å²) in [5.41, 5.74) is 5.05. The third kappa shape index (κ3) is 3.02. The van der Waals surface area contributed by atoms with Gasteiger partial charge in [-0.1, -0.05) is 24.3 Å². The summed E-state index contributed by atoms with van der Waals surface area (Å²) in [7, 11) is 0. The van der Waals surface area contributed by atoms with E-state index in [1.165, 1.54) is 0 Å². The SMILES string of the molecule is O=C1C(c2ccccn2)=C(c2ccccn2)C(c2ccccn2)=C1c1ccccn1. The highest BCUT2D eigenvalue weighted by molar-refractivity contribution is 6.58. The maximum absolute atomic E-state index is 13.8. The van der Waals surface area contributed by atoms with E-state index in [2.05, 4.69) is 19.9 Å². The van der Waals surface area contributed by atoms with Crippen LogP contribution in [0.1, 0.15) is 22.8 Å². The average Bonchev–Trinajstić information content (AvgIpc) is 3.14. The van der Waals surface area contributed by atoms with Crippen LogP contribution in [0.2, 0.25) is 0 Å². The van der Waals surface area contributed by atoms with E-state index in [0.717, 1.165) is 11.1 Å². The molecular weight excluding hydrogens is 372 g/mol. The Morgan fingerprint density at radius 3 is 0.967 bits per heavy atom. The van der Waals surface area contributed by atoms with Crippen LogP contribution < -0.4 is 0 Å². The van der Waals surface area contributed by atoms with Crippen molar-refractivity contribution in [1.82, 2.24) is 19.9 Å². The summed E-state index contributed by atoms with van der Waals surface area (Å²) < 4.78 is 0. The van der Waals surface area contributed by atoms with Crippen LogP contribution in [0.5, 0.6) is 0 Å². The summed E-state index contributed by atoms with van der Waals surface area (Å²) in [5.74, 6) is -0.131. The Hall–Kier alpha value is -4.25. The Labute approximate surface area is 173 Å². The minimum Gasteiger partial charge on any atom is -0.288 e. The Kier molecular flexibility index (Phi) is 4.54. The second kappa shape index (κ2) is 7.64. The van der Waals surface area contributed by atoms with Crippen molar-refractivity contribution in [3.8, 4) is 0 Å². The van der Waals surface area contributed by atoms with Gasteiger partial charge in [0.2, 0.25) is 0 Å². The predicted octanol–water partition coefficient (Wildman–Crippen LogP) is 4.37. The highest BCUT2D eigenvalue weighted by Gasteiger charge is 2.37. The quantitative estimate of drug-likeness (QED) is 0.519. The van der Waals surface area contributed by atoms with Gasteiger partial charge in [0.25, 0.3) is 0 Å². The summed E-state index contributed by atoms with van der Waals surface area (Å²) in [6, 6.07) is 22.4. The third-order valence-corrected chi connectivity index (χ3v) is 4.89. The Morgan fingerprint density at radius 2 is 0.700 bits per heavy atom. The van der Waals surface area contributed by atoms with Crippen molar-refractivity contribution in [3.05, 3.63) is 120 Å². The molecule has 1 aliphatic carbocycles. The largest absolute Gasteiger partial charge is 0.288 e. The standard InChI is InChI=1S/C25H16N4O/c30-25-23(19-11-3-7-15-28-19)21(17-9-1-5-13-26-17)22(18-10-2-6-14-27-18)24(25)20-12-4-8-16-29-20/h1-16H. The summed E-state index contributed by atoms with van der Waals surface area (Å²) in [6.45, 7) is 0. The van der Waals surface area contributed by atoms with Crippen LogP contribution in [-0.4, -0.2) is 25.7 Å². The summed E-state index contributed by atoms with van der Waals surface area (Å²) in [4.78, 5) is 31.9. The number of allylic oxidation sites excluding steroid dienone is 4. The predicted molar refractivity (Wildman–Crippen MR) is 116 cm³/mol. The van der Waals surface area contributed by atoms with Crippen molar-refractivity contribution in [2.24, 2.45) is 0 Å². The van der Waals surface area contributed by atoms with Crippen molar-refractivity contribution < 1.29 is 4.79 Å². The maximum Gasteiger partial charge on any atom is 0.198 e. The number of Topliss-reactive ketones (excluding diaryl/α,β-unsaturated/α-hetero) is 1. The lowest BCUT2D eigenvalue weighted by Crippen LogP contribution is -2.04. The second-order valence-electron chi connectivity index (χ2n) is 6.69. The zero-order valence-corrected chi connectivity index (χ0v) is 15.9. The number of carbonyl (C=O) groups excluding carboxylic acids is 1. The molecule has 0 saturated heterocycles. The van der Waals surface area contributed by atoms with Gasteiger partial charge in [0.1, 0.15) is 0 Å². The number of ketones is 1. The molecule has 4 aromatic rings. The van der Waals surface area contributed by atoms with Crippen LogP contribution in [0, 0.1) is 0 Å². The lowest BCUT2D eigenvalue weighted by atomic mass is 9.96. The molecule has 5 heteroatoms. The Morgan fingerprint density at radius 1 is 0.400 bits per heavy atom. The summed E-state index contributed by atoms with van der Waals surface area (Å²) in [6.07, 6.45) is 6.81. The minimum atomic E-state index is -0.131. The molecule has 0 saturated carbocycles. The first-order valence-electron chi connectivity index (χ1n) is 9.54. The van der Waals surface area contributed by atoms with Crippen molar-refractivity contribution in [1.29, 1.82) is 0 Å². The first-order valence-corrected chi connectivity index (χ1v) is 9.54. The molecule has 0 bridgehead atoms. The molecule has 0 amide bonds. The number of hydrogen-bond donors (Lipinski definition) is 0. The fraction of sp³-hybridized carbons (Fsp3) is 0. The molecule has 0 unspecified atom stereocenters. The van der Waals surface area contributed by atoms with Crippen LogP contribution >= 0.6 is 0 Å². The molecule has 142 valence electrons. The van der Waals surface area contributed by atoms with Gasteiger partial charge in [-0.25, -0.2) is 0 Å². The van der Waals surface area contributed by atoms with Crippen molar-refractivity contribution >= 4 is 28.1 Å². The topological polar surface area (TPSA) is 68.6 Å². The highest BCUT2D eigenvalue weighted by Crippen LogP contribution is 2.47. The van der Waals surface area contributed by atoms with E-state index in [4.69, 9.17) is 0 Å². The monoisotopic (exact) mass is 388 g/mol. The molecule has 4 aromatic heterocycles. The maximum atomic E-state index is 13.8. The zero-order chi connectivity index (χ0) is 20.3. The van der Waals surface area contributed by atoms with Gasteiger partial charge < -0.3 is 0 Å². The number of aromatic nitrogens is 4. The van der Waals surface area contributed by atoms with Gasteiger partial charge in [0.15, 0.2) is 5.78 Å². The van der Waals surface area contributed by atoms with Gasteiger partial charge in [-0.15, -0.1) is 0 Å². The van der Waals surface area contributed by atoms with Gasteiger partial charge in [-0.2, -0.15) is 0 Å². The van der Waals surface area contributed by atoms with Crippen LogP contribution in [0.4, 0.5) is 0 Å². The number of rotatable bonds is 4. The highest BCUT2D eigenvalue weighted by atomic mass is 16.1. The normalized spacial score (nSPS) is 13.8. The number of nitrogens with zero attached hydrogens (tertiary/aromatic N) is 4. The lowest BCUT2D eigenvalue weighted by Gasteiger charge is -2.11. The molecule has 0 radical (unpaired) electrons. The molecule has 0 aromatic carbocycles. The molecule has 0 fully saturated rings. The van der Waals surface area contributed by atoms with E-state index in [9.17, 15) is 4.79 Å². The molecular formula is C25H16N4O. The van der Waals surface area contributed by atoms with Crippen molar-refractivity contribution in [2.45, 2.75) is 0 Å². The van der Waals surface area contributed by atoms with Gasteiger partial charge >= 0.3 is 0 Å². The number of hydrogen-bond acceptors (Lipinski definition) is 5. The van der Waals surface area contributed by atoms with E-state index in [0.29, 0.717) is 33.9 Å². The molecule has 0 N–H and O–H groups in total. The van der Waals surface area contributed by atoms with Gasteiger partial charge in [0, 0.05) is 35.9 Å². The summed E-state index contributed by atoms with van der Waals surface area (Å²) in [5, 5.41) is 0. The average molecular weight is 388 g/mol. The van der Waals surface area contributed by atoms with E-state index in [1.54, 1.807) is 24.8 Å². The number of carbonyl (C=O) groups is 1. The van der Waals surface area contributed by atoms with Gasteiger partial charge in [0.05, 0.1) is 33.9 Å². The molecule has 5 nitrogen and oxygen atoms in total. The zero-order valence-electron chi connectivity index (χ0n) is 15.9. The molecule has 1 aliphatic rings. The Balaban J connectivity index is 1.88. The smallest absolute Gasteiger partial charge is 0.198 e. The van der Waals surface area contributed by atoms with Gasteiger partial charge in [-0.05, 0) is 48.5 Å². The van der Waals surface area contributed by atoms with Crippen LogP contribution in [0.25, 0.3) is 22.3 Å². The molecule has 30 heavy (non-hydrogen) atoms. The molecule has 4 heterocycles. The van der Waals surface area contributed by atoms with E-state index >= 15 is 0 Å². The second-order valence-corrected chi connectivity index (χ2v) is 6.69. The molecule has 0 spiro atoms. The molecule has 0 atom stereocenters. The minimum absolute atomic E-state index is 0.131. The van der Waals surface area contributed by atoms with Gasteiger partial charge in [-0.3, -0.25) is 24.7 Å². The fourth-order valence-electron chi connectivity index (χ4n) is 3.65. The third-order valence-electron chi connectivity index (χ3n) is 4.89. The van der Waals surface area contributed by atoms with Crippen LogP contribution in [0.15, 0.2) is 97.6 Å². The Bertz CT molecular complexity index is 1170. The molecule has 5 rings (SSSR count). The first-order chi connectivity index (χ1) is 14.8. The van der Waals surface area contributed by atoms with Crippen LogP contribution in [0.3, 0.4) is 0 Å². The van der Waals surface area contributed by atoms with E-state index in [-0.39, 0.29) is 5.78 Å². The lowest BCUT2D eigenvalue weighted by molar-refractivity contribution is -0.108. The van der Waals surface area contributed by atoms with Crippen molar-refractivity contribution in [2.75, 3.05) is 0 Å². The van der Waals surface area contributed by atoms with E-state index < -0.39 is 0 Å². The number of pyridine rings is 4. The summed E-state index contributed by atoms with van der Waals surface area (Å²) >= 11 is 0. The first kappa shape index (κ1) is 17.8. The van der Waals surface area contributed by atoms with Crippen molar-refractivity contribution in [3.63, 3.8) is 0 Å². The van der Waals surface area contributed by atoms with Crippen LogP contribution in [-0.2, 0) is 4.79 Å². The van der Waals surface area contributed by atoms with E-state index in [1.807, 2.05) is 72.8 Å². The fourth-order valence-corrected chi connectivity index (χ4v) is 3.65.